The van der Waals surface area contributed by atoms with Gasteiger partial charge in [-0.05, 0) is 95.6 Å². The molecular formula is C38H49NO13. The molecule has 0 aliphatic carbocycles. The summed E-state index contributed by atoms with van der Waals surface area (Å²) in [5.74, 6) is -2.54. The predicted molar refractivity (Wildman–Crippen MR) is 189 cm³/mol. The molecule has 0 fully saturated rings. The first kappa shape index (κ1) is 41.3. The van der Waals surface area contributed by atoms with E-state index in [1.807, 2.05) is 0 Å². The molecule has 3 rings (SSSR count). The van der Waals surface area contributed by atoms with Crippen LogP contribution in [-0.4, -0.2) is 69.4 Å². The van der Waals surface area contributed by atoms with Crippen LogP contribution in [0.4, 0.5) is 14.4 Å². The number of hydrogen-bond acceptors (Lipinski definition) is 13. The van der Waals surface area contributed by atoms with Crippen molar-refractivity contribution in [3.05, 3.63) is 36.1 Å². The Hall–Kier alpha value is -5.14. The zero-order chi connectivity index (χ0) is 39.6. The summed E-state index contributed by atoms with van der Waals surface area (Å²) in [6.07, 6.45) is -4.37. The molecule has 0 saturated heterocycles. The summed E-state index contributed by atoms with van der Waals surface area (Å²) in [5, 5.41) is 0.732. The summed E-state index contributed by atoms with van der Waals surface area (Å²) >= 11 is 0. The largest absolute Gasteiger partial charge is 0.514 e. The molecule has 14 nitrogen and oxygen atoms in total. The molecule has 52 heavy (non-hydrogen) atoms. The Morgan fingerprint density at radius 2 is 1.13 bits per heavy atom. The molecule has 0 N–H and O–H groups in total. The number of esters is 2. The lowest BCUT2D eigenvalue weighted by Crippen LogP contribution is -2.53. The van der Waals surface area contributed by atoms with Gasteiger partial charge in [-0.15, -0.1) is 0 Å². The summed E-state index contributed by atoms with van der Waals surface area (Å²) in [6, 6.07) is 6.20. The molecule has 0 bridgehead atoms. The number of amides is 2. The SMILES string of the molecule is CC(=O)c1cc2c(OC(=O)CC[C@@H](C(=O)OC(C)(C)C)N(C(=O)OC(C)(C)C)C(=O)OC(C)(C)C)c3ccccc3c(OC(=O)OC(C)(C)C)c2o1. The Morgan fingerprint density at radius 1 is 0.654 bits per heavy atom. The minimum atomic E-state index is -1.67. The number of hydrogen-bond donors (Lipinski definition) is 0. The van der Waals surface area contributed by atoms with E-state index in [0.29, 0.717) is 15.7 Å². The number of carbonyl (C=O) groups is 6. The van der Waals surface area contributed by atoms with Gasteiger partial charge in [0.1, 0.15) is 34.2 Å². The van der Waals surface area contributed by atoms with Crippen molar-refractivity contribution in [1.29, 1.82) is 0 Å². The van der Waals surface area contributed by atoms with Gasteiger partial charge in [-0.1, -0.05) is 24.3 Å². The van der Waals surface area contributed by atoms with E-state index in [1.165, 1.54) is 13.0 Å². The second-order valence-electron chi connectivity index (χ2n) is 16.1. The third-order valence-electron chi connectivity index (χ3n) is 6.53. The van der Waals surface area contributed by atoms with Gasteiger partial charge in [0.15, 0.2) is 22.9 Å². The Morgan fingerprint density at radius 3 is 1.60 bits per heavy atom. The van der Waals surface area contributed by atoms with E-state index in [4.69, 9.17) is 32.8 Å². The lowest BCUT2D eigenvalue weighted by molar-refractivity contribution is -0.161. The summed E-state index contributed by atoms with van der Waals surface area (Å²) in [7, 11) is 0. The molecule has 0 aliphatic rings. The van der Waals surface area contributed by atoms with Gasteiger partial charge in [-0.3, -0.25) is 9.59 Å². The van der Waals surface area contributed by atoms with Gasteiger partial charge in [-0.2, -0.15) is 4.90 Å². The van der Waals surface area contributed by atoms with Crippen LogP contribution in [0.5, 0.6) is 11.5 Å². The monoisotopic (exact) mass is 727 g/mol. The van der Waals surface area contributed by atoms with Crippen molar-refractivity contribution in [3.8, 4) is 11.5 Å². The van der Waals surface area contributed by atoms with Crippen LogP contribution >= 0.6 is 0 Å². The van der Waals surface area contributed by atoms with E-state index >= 15 is 0 Å². The molecule has 0 spiro atoms. The van der Waals surface area contributed by atoms with Crippen LogP contribution in [0.2, 0.25) is 0 Å². The molecule has 14 heteroatoms. The molecule has 1 aromatic heterocycles. The van der Waals surface area contributed by atoms with Gasteiger partial charge in [0.25, 0.3) is 0 Å². The molecule has 1 atom stereocenters. The summed E-state index contributed by atoms with van der Waals surface area (Å²) in [4.78, 5) is 79.9. The third kappa shape index (κ3) is 11.4. The topological polar surface area (TPSA) is 174 Å². The lowest BCUT2D eigenvalue weighted by atomic mass is 10.0. The number of imide groups is 1. The van der Waals surface area contributed by atoms with Gasteiger partial charge < -0.3 is 32.8 Å². The van der Waals surface area contributed by atoms with E-state index in [-0.39, 0.29) is 28.2 Å². The van der Waals surface area contributed by atoms with Gasteiger partial charge in [-0.25, -0.2) is 19.2 Å². The van der Waals surface area contributed by atoms with Crippen LogP contribution in [0, 0.1) is 0 Å². The predicted octanol–water partition coefficient (Wildman–Crippen LogP) is 8.67. The first-order chi connectivity index (χ1) is 23.7. The number of benzene rings is 2. The maximum Gasteiger partial charge on any atom is 0.514 e. The number of rotatable bonds is 8. The molecule has 2 aromatic carbocycles. The number of carbonyl (C=O) groups excluding carboxylic acids is 6. The third-order valence-corrected chi connectivity index (χ3v) is 6.53. The summed E-state index contributed by atoms with van der Waals surface area (Å²) in [5.41, 5.74) is -4.11. The second kappa shape index (κ2) is 15.2. The van der Waals surface area contributed by atoms with Crippen molar-refractivity contribution in [2.24, 2.45) is 0 Å². The first-order valence-electron chi connectivity index (χ1n) is 16.7. The van der Waals surface area contributed by atoms with Gasteiger partial charge >= 0.3 is 30.3 Å². The average molecular weight is 728 g/mol. The molecule has 284 valence electrons. The van der Waals surface area contributed by atoms with Crippen LogP contribution in [0.1, 0.15) is 113 Å². The molecule has 0 aliphatic heterocycles. The standard InChI is InChI=1S/C38H49NO13/c1-21(40)26-20-24-28(22-16-14-15-17-23(22)29(30(24)46-26)48-34(45)52-38(11,12)13)47-27(41)19-18-25(31(42)49-35(2,3)4)39(32(43)50-36(5,6)7)33(44)51-37(8,9)10/h14-17,20,25H,18-19H2,1-13H3/t25-/m0/s1. The zero-order valence-electron chi connectivity index (χ0n) is 32.1. The van der Waals surface area contributed by atoms with Crippen molar-refractivity contribution in [1.82, 2.24) is 4.90 Å². The minimum Gasteiger partial charge on any atom is -0.458 e. The van der Waals surface area contributed by atoms with Crippen LogP contribution in [-0.2, 0) is 28.5 Å². The number of ketones is 1. The minimum absolute atomic E-state index is 0.0339. The van der Waals surface area contributed by atoms with Crippen LogP contribution in [0.3, 0.4) is 0 Å². The Labute approximate surface area is 302 Å². The van der Waals surface area contributed by atoms with Crippen LogP contribution in [0.15, 0.2) is 34.7 Å². The smallest absolute Gasteiger partial charge is 0.458 e. The van der Waals surface area contributed by atoms with Crippen molar-refractivity contribution < 1.29 is 61.6 Å². The van der Waals surface area contributed by atoms with Crippen LogP contribution < -0.4 is 9.47 Å². The molecule has 0 radical (unpaired) electrons. The Balaban J connectivity index is 2.09. The van der Waals surface area contributed by atoms with Crippen molar-refractivity contribution in [2.45, 2.75) is 131 Å². The number of furan rings is 1. The molecule has 0 unspecified atom stereocenters. The second-order valence-corrected chi connectivity index (χ2v) is 16.1. The molecule has 2 amide bonds. The molecule has 1 heterocycles. The highest BCUT2D eigenvalue weighted by atomic mass is 16.7. The fraction of sp³-hybridized carbons (Fsp3) is 0.526. The number of nitrogens with zero attached hydrogens (tertiary/aromatic N) is 1. The van der Waals surface area contributed by atoms with Gasteiger partial charge in [0, 0.05) is 24.1 Å². The van der Waals surface area contributed by atoms with E-state index in [2.05, 4.69) is 0 Å². The Kier molecular flexibility index (Phi) is 12.1. The molecular weight excluding hydrogens is 678 g/mol. The molecule has 3 aromatic rings. The van der Waals surface area contributed by atoms with Gasteiger partial charge in [0.05, 0.1) is 5.39 Å². The molecule has 0 saturated carbocycles. The summed E-state index contributed by atoms with van der Waals surface area (Å²) in [6.45, 7) is 20.6. The maximum atomic E-state index is 13.7. The van der Waals surface area contributed by atoms with Crippen LogP contribution in [0.25, 0.3) is 21.7 Å². The fourth-order valence-corrected chi connectivity index (χ4v) is 4.71. The zero-order valence-corrected chi connectivity index (χ0v) is 32.1. The number of fused-ring (bicyclic) bond motifs is 2. The number of Topliss-reactive ketones (excluding diaryl/α,β-unsaturated/α-hetero) is 1. The van der Waals surface area contributed by atoms with Gasteiger partial charge in [0.2, 0.25) is 0 Å². The van der Waals surface area contributed by atoms with Crippen molar-refractivity contribution >= 4 is 57.8 Å². The highest BCUT2D eigenvalue weighted by Gasteiger charge is 2.42. The highest BCUT2D eigenvalue weighted by molar-refractivity contribution is 6.12. The van der Waals surface area contributed by atoms with Crippen molar-refractivity contribution in [3.63, 3.8) is 0 Å². The van der Waals surface area contributed by atoms with E-state index in [9.17, 15) is 28.8 Å². The fourth-order valence-electron chi connectivity index (χ4n) is 4.71. The number of ether oxygens (including phenoxy) is 6. The summed E-state index contributed by atoms with van der Waals surface area (Å²) < 4.78 is 39.1. The Bertz CT molecular complexity index is 1830. The quantitative estimate of drug-likeness (QED) is 0.0709. The van der Waals surface area contributed by atoms with E-state index < -0.39 is 77.4 Å². The highest BCUT2D eigenvalue weighted by Crippen LogP contribution is 2.45. The maximum absolute atomic E-state index is 13.7. The van der Waals surface area contributed by atoms with E-state index in [0.717, 1.165) is 0 Å². The first-order valence-corrected chi connectivity index (χ1v) is 16.7. The van der Waals surface area contributed by atoms with Crippen molar-refractivity contribution in [2.75, 3.05) is 0 Å². The van der Waals surface area contributed by atoms with E-state index in [1.54, 1.807) is 107 Å². The average Bonchev–Trinajstić information content (AvgIpc) is 3.39. The lowest BCUT2D eigenvalue weighted by Gasteiger charge is -2.33. The normalized spacial score (nSPS) is 12.9.